The highest BCUT2D eigenvalue weighted by molar-refractivity contribution is 7.15. The van der Waals surface area contributed by atoms with Gasteiger partial charge in [-0.05, 0) is 18.2 Å². The zero-order valence-electron chi connectivity index (χ0n) is 16.3. The highest BCUT2D eigenvalue weighted by Gasteiger charge is 2.10. The highest BCUT2D eigenvalue weighted by Crippen LogP contribution is 2.26. The summed E-state index contributed by atoms with van der Waals surface area (Å²) in [5, 5.41) is 13.3. The molecule has 0 unspecified atom stereocenters. The van der Waals surface area contributed by atoms with Crippen molar-refractivity contribution in [2.24, 2.45) is 10.7 Å². The minimum absolute atomic E-state index is 0.309. The Balaban J connectivity index is 1.95. The number of hydrogen-bond acceptors (Lipinski definition) is 9. The number of aliphatic imine (C=N–C) groups is 1. The molecule has 0 bridgehead atoms. The quantitative estimate of drug-likeness (QED) is 0.588. The van der Waals surface area contributed by atoms with Gasteiger partial charge in [0.25, 0.3) is 0 Å². The molecule has 0 saturated heterocycles. The van der Waals surface area contributed by atoms with Crippen LogP contribution >= 0.6 is 11.3 Å². The number of allylic oxidation sites excluding steroid dienone is 1. The molecular formula is C19H23N7OS. The number of fused-ring (bicyclic) bond motifs is 1. The van der Waals surface area contributed by atoms with Gasteiger partial charge in [0.1, 0.15) is 10.8 Å². The molecule has 3 heterocycles. The van der Waals surface area contributed by atoms with E-state index in [9.17, 15) is 0 Å². The van der Waals surface area contributed by atoms with E-state index in [0.29, 0.717) is 29.2 Å². The van der Waals surface area contributed by atoms with Crippen LogP contribution in [0.15, 0.2) is 35.1 Å². The number of ether oxygens (including phenoxy) is 1. The van der Waals surface area contributed by atoms with Crippen molar-refractivity contribution in [1.82, 2.24) is 20.2 Å². The van der Waals surface area contributed by atoms with E-state index in [2.05, 4.69) is 44.3 Å². The monoisotopic (exact) mass is 397 g/mol. The molecule has 3 aromatic heterocycles. The maximum Gasteiger partial charge on any atom is 0.211 e. The lowest BCUT2D eigenvalue weighted by atomic mass is 10.1. The number of nitrogens with two attached hydrogens (primary N) is 1. The van der Waals surface area contributed by atoms with Crippen LogP contribution in [0.4, 0.5) is 10.9 Å². The van der Waals surface area contributed by atoms with Crippen LogP contribution in [-0.2, 0) is 4.74 Å². The van der Waals surface area contributed by atoms with Gasteiger partial charge in [0.2, 0.25) is 5.13 Å². The van der Waals surface area contributed by atoms with Gasteiger partial charge in [-0.15, -0.1) is 10.2 Å². The number of methoxy groups -OCH3 is 1. The third-order valence-electron chi connectivity index (χ3n) is 3.92. The molecule has 9 heteroatoms. The molecule has 0 aliphatic carbocycles. The van der Waals surface area contributed by atoms with Gasteiger partial charge in [-0.25, -0.2) is 4.98 Å². The lowest BCUT2D eigenvalue weighted by Crippen LogP contribution is -2.09. The summed E-state index contributed by atoms with van der Waals surface area (Å²) < 4.78 is 5.14. The van der Waals surface area contributed by atoms with E-state index in [0.717, 1.165) is 27.2 Å². The van der Waals surface area contributed by atoms with E-state index in [1.165, 1.54) is 11.3 Å². The maximum absolute atomic E-state index is 6.14. The van der Waals surface area contributed by atoms with E-state index in [-0.39, 0.29) is 0 Å². The SMILES string of the molecule is CN=CC(=C(N)COC)c1cnc2ccc(Nc3nnc(C(C)C)s3)nc2c1. The summed E-state index contributed by atoms with van der Waals surface area (Å²) in [4.78, 5) is 13.2. The Morgan fingerprint density at radius 2 is 2.14 bits per heavy atom. The molecule has 3 aromatic rings. The van der Waals surface area contributed by atoms with Crippen LogP contribution in [0.3, 0.4) is 0 Å². The summed E-state index contributed by atoms with van der Waals surface area (Å²) in [5.41, 5.74) is 9.84. The predicted octanol–water partition coefficient (Wildman–Crippen LogP) is 3.37. The summed E-state index contributed by atoms with van der Waals surface area (Å²) in [6.07, 6.45) is 3.46. The molecule has 3 rings (SSSR count). The van der Waals surface area contributed by atoms with Gasteiger partial charge < -0.3 is 15.8 Å². The lowest BCUT2D eigenvalue weighted by molar-refractivity contribution is 0.225. The molecule has 0 radical (unpaired) electrons. The molecule has 0 fully saturated rings. The second-order valence-electron chi connectivity index (χ2n) is 6.44. The van der Waals surface area contributed by atoms with Crippen LogP contribution in [-0.4, -0.2) is 47.1 Å². The molecule has 0 amide bonds. The maximum atomic E-state index is 6.14. The number of anilines is 2. The fraction of sp³-hybridized carbons (Fsp3) is 0.316. The molecule has 0 aromatic carbocycles. The van der Waals surface area contributed by atoms with Crippen LogP contribution < -0.4 is 11.1 Å². The van der Waals surface area contributed by atoms with Crippen LogP contribution in [0, 0.1) is 0 Å². The van der Waals surface area contributed by atoms with E-state index < -0.39 is 0 Å². The topological polar surface area (TPSA) is 111 Å². The van der Waals surface area contributed by atoms with Gasteiger partial charge in [0.15, 0.2) is 0 Å². The summed E-state index contributed by atoms with van der Waals surface area (Å²) in [5.74, 6) is 1.02. The van der Waals surface area contributed by atoms with Crippen molar-refractivity contribution < 1.29 is 4.74 Å². The van der Waals surface area contributed by atoms with E-state index >= 15 is 0 Å². The number of nitrogens with zero attached hydrogens (tertiary/aromatic N) is 5. The van der Waals surface area contributed by atoms with Gasteiger partial charge in [0.05, 0.1) is 17.6 Å². The van der Waals surface area contributed by atoms with Gasteiger partial charge >= 0.3 is 0 Å². The molecule has 3 N–H and O–H groups in total. The van der Waals surface area contributed by atoms with Crippen LogP contribution in [0.25, 0.3) is 16.6 Å². The number of pyridine rings is 2. The first kappa shape index (κ1) is 19.8. The third-order valence-corrected chi connectivity index (χ3v) is 5.06. The first-order valence-electron chi connectivity index (χ1n) is 8.79. The molecule has 0 saturated carbocycles. The van der Waals surface area contributed by atoms with Crippen molar-refractivity contribution in [3.05, 3.63) is 40.7 Å². The Hall–Kier alpha value is -2.91. The Labute approximate surface area is 167 Å². The summed E-state index contributed by atoms with van der Waals surface area (Å²) in [6, 6.07) is 5.72. The Morgan fingerprint density at radius 1 is 1.32 bits per heavy atom. The second-order valence-corrected chi connectivity index (χ2v) is 7.45. The smallest absolute Gasteiger partial charge is 0.211 e. The minimum atomic E-state index is 0.309. The number of rotatable bonds is 7. The van der Waals surface area contributed by atoms with Gasteiger partial charge in [-0.1, -0.05) is 25.2 Å². The number of hydrogen-bond donors (Lipinski definition) is 2. The molecule has 0 spiro atoms. The van der Waals surface area contributed by atoms with E-state index in [1.807, 2.05) is 18.2 Å². The summed E-state index contributed by atoms with van der Waals surface area (Å²) in [6.45, 7) is 4.49. The number of nitrogens with one attached hydrogen (secondary N) is 1. The average Bonchev–Trinajstić information content (AvgIpc) is 3.14. The fourth-order valence-electron chi connectivity index (χ4n) is 2.56. The Morgan fingerprint density at radius 3 is 2.82 bits per heavy atom. The first-order chi connectivity index (χ1) is 13.5. The van der Waals surface area contributed by atoms with Crippen molar-refractivity contribution in [2.45, 2.75) is 19.8 Å². The average molecular weight is 398 g/mol. The van der Waals surface area contributed by atoms with Crippen LogP contribution in [0.2, 0.25) is 0 Å². The molecule has 28 heavy (non-hydrogen) atoms. The highest BCUT2D eigenvalue weighted by atomic mass is 32.1. The van der Waals surface area contributed by atoms with Crippen LogP contribution in [0.1, 0.15) is 30.3 Å². The third kappa shape index (κ3) is 4.49. The zero-order valence-corrected chi connectivity index (χ0v) is 17.1. The molecule has 0 atom stereocenters. The van der Waals surface area contributed by atoms with Gasteiger partial charge in [-0.3, -0.25) is 9.98 Å². The summed E-state index contributed by atoms with van der Waals surface area (Å²) in [7, 11) is 3.30. The largest absolute Gasteiger partial charge is 0.400 e. The number of aromatic nitrogens is 4. The van der Waals surface area contributed by atoms with Crippen molar-refractivity contribution in [3.63, 3.8) is 0 Å². The molecule has 8 nitrogen and oxygen atoms in total. The normalized spacial score (nSPS) is 12.8. The van der Waals surface area contributed by atoms with E-state index in [1.54, 1.807) is 26.6 Å². The second kappa shape index (κ2) is 8.85. The van der Waals surface area contributed by atoms with Crippen molar-refractivity contribution in [1.29, 1.82) is 0 Å². The van der Waals surface area contributed by atoms with Crippen molar-refractivity contribution in [3.8, 4) is 0 Å². The first-order valence-corrected chi connectivity index (χ1v) is 9.60. The van der Waals surface area contributed by atoms with Crippen LogP contribution in [0.5, 0.6) is 0 Å². The Kier molecular flexibility index (Phi) is 6.27. The predicted molar refractivity (Wildman–Crippen MR) is 114 cm³/mol. The fourth-order valence-corrected chi connectivity index (χ4v) is 3.31. The molecular weight excluding hydrogens is 374 g/mol. The van der Waals surface area contributed by atoms with Gasteiger partial charge in [0, 0.05) is 49.3 Å². The van der Waals surface area contributed by atoms with E-state index in [4.69, 9.17) is 10.5 Å². The molecule has 146 valence electrons. The Bertz CT molecular complexity index is 1030. The minimum Gasteiger partial charge on any atom is -0.400 e. The summed E-state index contributed by atoms with van der Waals surface area (Å²) >= 11 is 1.52. The van der Waals surface area contributed by atoms with Gasteiger partial charge in [-0.2, -0.15) is 0 Å². The standard InChI is InChI=1S/C19H23N7OS/c1-11(2)18-25-26-19(28-18)24-17-6-5-15-16(23-17)7-12(8-22-15)13(9-21-3)14(20)10-27-4/h5-9,11H,10,20H2,1-4H3,(H,23,24,26). The zero-order chi connectivity index (χ0) is 20.1. The molecule has 0 aliphatic rings. The molecule has 0 aliphatic heterocycles. The van der Waals surface area contributed by atoms with Crippen molar-refractivity contribution >= 4 is 45.1 Å². The lowest BCUT2D eigenvalue weighted by Gasteiger charge is -2.09. The van der Waals surface area contributed by atoms with Crippen molar-refractivity contribution in [2.75, 3.05) is 26.1 Å².